The van der Waals surface area contributed by atoms with E-state index in [1.165, 1.54) is 6.08 Å². The summed E-state index contributed by atoms with van der Waals surface area (Å²) in [6.07, 6.45) is 2.87. The first kappa shape index (κ1) is 13.7. The lowest BCUT2D eigenvalue weighted by molar-refractivity contribution is 0.579. The average Bonchev–Trinajstić information content (AvgIpc) is 2.68. The van der Waals surface area contributed by atoms with Crippen LogP contribution in [-0.2, 0) is 0 Å². The molecule has 3 heteroatoms. The number of hydrogen-bond donors (Lipinski definition) is 0. The lowest BCUT2D eigenvalue weighted by Gasteiger charge is -2.14. The summed E-state index contributed by atoms with van der Waals surface area (Å²) in [6.45, 7) is 4.08. The second-order valence-corrected chi connectivity index (χ2v) is 5.10. The zero-order chi connectivity index (χ0) is 13.8. The molecule has 1 atom stereocenters. The smallest absolute Gasteiger partial charge is 0.122 e. The molecule has 1 aliphatic rings. The molecule has 19 heavy (non-hydrogen) atoms. The fourth-order valence-corrected chi connectivity index (χ4v) is 2.09. The van der Waals surface area contributed by atoms with E-state index < -0.39 is 17.6 Å². The van der Waals surface area contributed by atoms with Crippen molar-refractivity contribution in [3.05, 3.63) is 54.1 Å². The van der Waals surface area contributed by atoms with Crippen LogP contribution >= 0.6 is 0 Å². The summed E-state index contributed by atoms with van der Waals surface area (Å²) in [5.41, 5.74) is 1.44. The van der Waals surface area contributed by atoms with E-state index in [9.17, 15) is 8.78 Å². The highest BCUT2D eigenvalue weighted by Gasteiger charge is 2.25. The van der Waals surface area contributed by atoms with E-state index in [1.807, 2.05) is 44.2 Å². The Hall–Kier alpha value is -1.77. The molecular weight excluding hydrogens is 244 g/mol. The van der Waals surface area contributed by atoms with Crippen molar-refractivity contribution in [1.29, 1.82) is 0 Å². The quantitative estimate of drug-likeness (QED) is 0.665. The topological polar surface area (TPSA) is 12.4 Å². The van der Waals surface area contributed by atoms with Gasteiger partial charge in [-0.05, 0) is 30.5 Å². The van der Waals surface area contributed by atoms with Gasteiger partial charge in [-0.3, -0.25) is 4.99 Å². The Bertz CT molecular complexity index is 527. The minimum Gasteiger partial charge on any atom is -0.257 e. The van der Waals surface area contributed by atoms with Crippen LogP contribution in [0.25, 0.3) is 0 Å². The molecule has 1 nitrogen and oxygen atoms in total. The van der Waals surface area contributed by atoms with Crippen molar-refractivity contribution in [2.24, 2.45) is 16.8 Å². The van der Waals surface area contributed by atoms with Crippen LogP contribution in [0.2, 0.25) is 0 Å². The van der Waals surface area contributed by atoms with Gasteiger partial charge in [0.1, 0.15) is 11.7 Å². The third-order valence-electron chi connectivity index (χ3n) is 2.90. The molecule has 1 aromatic rings. The molecule has 0 aliphatic heterocycles. The number of halogens is 2. The van der Waals surface area contributed by atoms with Crippen molar-refractivity contribution >= 4 is 11.4 Å². The maximum atomic E-state index is 13.7. The van der Waals surface area contributed by atoms with E-state index in [0.29, 0.717) is 18.1 Å². The molecule has 0 saturated carbocycles. The Kier molecular flexibility index (Phi) is 4.25. The highest BCUT2D eigenvalue weighted by Crippen LogP contribution is 2.30. The van der Waals surface area contributed by atoms with Crippen LogP contribution in [0.5, 0.6) is 0 Å². The van der Waals surface area contributed by atoms with Gasteiger partial charge in [0.2, 0.25) is 0 Å². The molecule has 0 heterocycles. The van der Waals surface area contributed by atoms with E-state index in [0.717, 1.165) is 11.8 Å². The Morgan fingerprint density at radius 2 is 1.89 bits per heavy atom. The molecule has 0 amide bonds. The molecule has 100 valence electrons. The summed E-state index contributed by atoms with van der Waals surface area (Å²) in [5, 5.41) is 0. The number of allylic oxidation sites excluding steroid dienone is 4. The summed E-state index contributed by atoms with van der Waals surface area (Å²) in [5.74, 6) is -1.30. The van der Waals surface area contributed by atoms with Crippen LogP contribution in [0.1, 0.15) is 20.3 Å². The number of para-hydroxylation sites is 1. The minimum absolute atomic E-state index is 0.340. The molecule has 0 bridgehead atoms. The summed E-state index contributed by atoms with van der Waals surface area (Å²) in [6, 6.07) is 9.37. The van der Waals surface area contributed by atoms with Crippen molar-refractivity contribution in [3.63, 3.8) is 0 Å². The highest BCUT2D eigenvalue weighted by molar-refractivity contribution is 5.93. The molecule has 1 unspecified atom stereocenters. The van der Waals surface area contributed by atoms with Gasteiger partial charge in [0.15, 0.2) is 0 Å². The Labute approximate surface area is 112 Å². The number of hydrogen-bond acceptors (Lipinski definition) is 1. The number of aliphatic imine (C=N–C) groups is 1. The lowest BCUT2D eigenvalue weighted by atomic mass is 9.95. The minimum atomic E-state index is -0.650. The maximum absolute atomic E-state index is 13.7. The zero-order valence-corrected chi connectivity index (χ0v) is 11.1. The van der Waals surface area contributed by atoms with Crippen molar-refractivity contribution in [2.75, 3.05) is 0 Å². The second kappa shape index (κ2) is 5.91. The van der Waals surface area contributed by atoms with Gasteiger partial charge in [-0.1, -0.05) is 32.0 Å². The fourth-order valence-electron chi connectivity index (χ4n) is 2.09. The van der Waals surface area contributed by atoms with E-state index in [1.54, 1.807) is 0 Å². The first-order valence-corrected chi connectivity index (χ1v) is 6.43. The van der Waals surface area contributed by atoms with E-state index in [4.69, 9.17) is 0 Å². The van der Waals surface area contributed by atoms with Gasteiger partial charge in [0, 0.05) is 11.8 Å². The molecule has 0 N–H and O–H groups in total. The first-order valence-electron chi connectivity index (χ1n) is 6.43. The largest absolute Gasteiger partial charge is 0.257 e. The predicted molar refractivity (Wildman–Crippen MR) is 74.9 cm³/mol. The molecule has 0 saturated heterocycles. The number of benzene rings is 1. The number of nitrogens with zero attached hydrogens (tertiary/aromatic N) is 1. The average molecular weight is 261 g/mol. The second-order valence-electron chi connectivity index (χ2n) is 5.10. The van der Waals surface area contributed by atoms with E-state index in [-0.39, 0.29) is 0 Å². The van der Waals surface area contributed by atoms with E-state index in [2.05, 4.69) is 4.99 Å². The van der Waals surface area contributed by atoms with Gasteiger partial charge in [-0.25, -0.2) is 8.78 Å². The summed E-state index contributed by atoms with van der Waals surface area (Å²) in [7, 11) is 0. The number of rotatable bonds is 4. The van der Waals surface area contributed by atoms with Gasteiger partial charge in [-0.15, -0.1) is 0 Å². The molecule has 0 radical (unpaired) electrons. The molecule has 0 fully saturated rings. The third-order valence-corrected chi connectivity index (χ3v) is 2.90. The molecule has 0 aromatic heterocycles. The molecule has 2 rings (SSSR count). The predicted octanol–water partition coefficient (Wildman–Crippen LogP) is 5.14. The summed E-state index contributed by atoms with van der Waals surface area (Å²) >= 11 is 0. The van der Waals surface area contributed by atoms with Crippen LogP contribution in [0.4, 0.5) is 14.5 Å². The standard InChI is InChI=1S/C16H17F2N/c1-11(2)8-16(14-9-12(17)10-15(14)18)19-13-6-4-3-5-7-13/h3-7,9-11,14H,8H2,1-2H3/b19-16-. The van der Waals surface area contributed by atoms with Crippen LogP contribution in [0, 0.1) is 11.8 Å². The fraction of sp³-hybridized carbons (Fsp3) is 0.312. The Morgan fingerprint density at radius 3 is 2.42 bits per heavy atom. The molecule has 1 aromatic carbocycles. The maximum Gasteiger partial charge on any atom is 0.122 e. The van der Waals surface area contributed by atoms with Crippen LogP contribution in [0.3, 0.4) is 0 Å². The van der Waals surface area contributed by atoms with Crippen LogP contribution in [-0.4, -0.2) is 5.71 Å². The normalized spacial score (nSPS) is 19.6. The van der Waals surface area contributed by atoms with E-state index >= 15 is 0 Å². The van der Waals surface area contributed by atoms with Crippen LogP contribution < -0.4 is 0 Å². The Balaban J connectivity index is 2.32. The SMILES string of the molecule is CC(C)C/C(=N/c1ccccc1)C1C=C(F)C=C1F. The van der Waals surface area contributed by atoms with Crippen molar-refractivity contribution in [3.8, 4) is 0 Å². The highest BCUT2D eigenvalue weighted by atomic mass is 19.1. The van der Waals surface area contributed by atoms with Crippen molar-refractivity contribution in [1.82, 2.24) is 0 Å². The zero-order valence-electron chi connectivity index (χ0n) is 11.1. The molecular formula is C16H17F2N. The first-order chi connectivity index (χ1) is 9.06. The molecule has 1 aliphatic carbocycles. The van der Waals surface area contributed by atoms with Gasteiger partial charge in [0.25, 0.3) is 0 Å². The Morgan fingerprint density at radius 1 is 1.21 bits per heavy atom. The van der Waals surface area contributed by atoms with Gasteiger partial charge >= 0.3 is 0 Å². The van der Waals surface area contributed by atoms with Crippen molar-refractivity contribution in [2.45, 2.75) is 20.3 Å². The van der Waals surface area contributed by atoms with Crippen molar-refractivity contribution < 1.29 is 8.78 Å². The lowest BCUT2D eigenvalue weighted by Crippen LogP contribution is -2.14. The van der Waals surface area contributed by atoms with Gasteiger partial charge in [0.05, 0.1) is 11.6 Å². The van der Waals surface area contributed by atoms with Gasteiger partial charge < -0.3 is 0 Å². The summed E-state index contributed by atoms with van der Waals surface area (Å²) < 4.78 is 26.9. The summed E-state index contributed by atoms with van der Waals surface area (Å²) in [4.78, 5) is 4.49. The van der Waals surface area contributed by atoms with Crippen LogP contribution in [0.15, 0.2) is 59.1 Å². The monoisotopic (exact) mass is 261 g/mol. The third kappa shape index (κ3) is 3.60. The van der Waals surface area contributed by atoms with Gasteiger partial charge in [-0.2, -0.15) is 0 Å². The molecule has 0 spiro atoms.